The number of nitrogens with two attached hydrogens (primary N) is 1. The molecule has 11 heavy (non-hydrogen) atoms. The van der Waals surface area contributed by atoms with Crippen molar-refractivity contribution in [1.29, 1.82) is 0 Å². The summed E-state index contributed by atoms with van der Waals surface area (Å²) in [6.07, 6.45) is 2.78. The van der Waals surface area contributed by atoms with Crippen LogP contribution in [0.3, 0.4) is 0 Å². The fourth-order valence-electron chi connectivity index (χ4n) is 1.54. The van der Waals surface area contributed by atoms with E-state index in [1.165, 1.54) is 17.7 Å². The summed E-state index contributed by atoms with van der Waals surface area (Å²) in [5.41, 5.74) is 5.71. The minimum absolute atomic E-state index is 0.662. The molecule has 0 spiro atoms. The lowest BCUT2D eigenvalue weighted by Gasteiger charge is -2.10. The predicted octanol–water partition coefficient (Wildman–Crippen LogP) is 2.20. The molecule has 2 N–H and O–H groups in total. The van der Waals surface area contributed by atoms with Gasteiger partial charge in [0.15, 0.2) is 0 Å². The molecule has 1 atom stereocenters. The molecule has 1 unspecified atom stereocenters. The summed E-state index contributed by atoms with van der Waals surface area (Å²) < 4.78 is 0. The Hall–Kier alpha value is -0.340. The Balaban J connectivity index is 2.11. The van der Waals surface area contributed by atoms with Gasteiger partial charge in [-0.1, -0.05) is 6.07 Å². The Morgan fingerprint density at radius 1 is 1.64 bits per heavy atom. The first kappa shape index (κ1) is 7.32. The third-order valence-corrected chi connectivity index (χ3v) is 3.36. The van der Waals surface area contributed by atoms with E-state index >= 15 is 0 Å². The van der Waals surface area contributed by atoms with Gasteiger partial charge in [-0.25, -0.2) is 0 Å². The van der Waals surface area contributed by atoms with Crippen molar-refractivity contribution in [3.8, 4) is 0 Å². The Labute approximate surface area is 71.2 Å². The molecule has 1 aromatic rings. The van der Waals surface area contributed by atoms with E-state index in [1.807, 2.05) is 11.3 Å². The Bertz CT molecular complexity index is 213. The molecule has 1 fully saturated rings. The molecule has 1 aliphatic rings. The molecule has 0 aromatic carbocycles. The van der Waals surface area contributed by atoms with Crippen molar-refractivity contribution in [2.24, 2.45) is 11.7 Å². The number of hydrogen-bond acceptors (Lipinski definition) is 2. The van der Waals surface area contributed by atoms with Gasteiger partial charge in [-0.3, -0.25) is 0 Å². The molecule has 0 radical (unpaired) electrons. The highest BCUT2D eigenvalue weighted by Gasteiger charge is 2.31. The summed E-state index contributed by atoms with van der Waals surface area (Å²) in [6, 6.07) is 4.32. The van der Waals surface area contributed by atoms with E-state index in [0.717, 1.165) is 12.5 Å². The maximum Gasteiger partial charge on any atom is 0.00915 e. The van der Waals surface area contributed by atoms with Crippen molar-refractivity contribution in [3.63, 3.8) is 0 Å². The lowest BCUT2D eigenvalue weighted by atomic mass is 10.0. The summed E-state index contributed by atoms with van der Waals surface area (Å²) in [6.45, 7) is 0.825. The van der Waals surface area contributed by atoms with E-state index in [4.69, 9.17) is 5.73 Å². The SMILES string of the molecule is NCC(c1cccs1)C1CC1. The molecule has 0 bridgehead atoms. The van der Waals surface area contributed by atoms with Gasteiger partial charge in [-0.15, -0.1) is 11.3 Å². The van der Waals surface area contributed by atoms with E-state index in [9.17, 15) is 0 Å². The van der Waals surface area contributed by atoms with Crippen molar-refractivity contribution in [2.75, 3.05) is 6.54 Å². The Kier molecular flexibility index (Phi) is 1.96. The second-order valence-electron chi connectivity index (χ2n) is 3.20. The van der Waals surface area contributed by atoms with Crippen molar-refractivity contribution in [2.45, 2.75) is 18.8 Å². The molecule has 0 amide bonds. The van der Waals surface area contributed by atoms with Gasteiger partial charge in [0, 0.05) is 17.3 Å². The first-order valence-corrected chi connectivity index (χ1v) is 5.03. The van der Waals surface area contributed by atoms with Gasteiger partial charge in [0.25, 0.3) is 0 Å². The quantitative estimate of drug-likeness (QED) is 0.733. The van der Waals surface area contributed by atoms with Crippen LogP contribution in [-0.2, 0) is 0 Å². The van der Waals surface area contributed by atoms with Crippen LogP contribution in [-0.4, -0.2) is 6.54 Å². The maximum absolute atomic E-state index is 5.71. The Morgan fingerprint density at radius 3 is 2.91 bits per heavy atom. The van der Waals surface area contributed by atoms with Gasteiger partial charge >= 0.3 is 0 Å². The monoisotopic (exact) mass is 167 g/mol. The molecule has 1 aliphatic carbocycles. The summed E-state index contributed by atoms with van der Waals surface area (Å²) >= 11 is 1.84. The zero-order valence-corrected chi connectivity index (χ0v) is 7.31. The van der Waals surface area contributed by atoms with Gasteiger partial charge in [-0.2, -0.15) is 0 Å². The van der Waals surface area contributed by atoms with Crippen molar-refractivity contribution in [3.05, 3.63) is 22.4 Å². The molecule has 1 nitrogen and oxygen atoms in total. The van der Waals surface area contributed by atoms with Crippen LogP contribution < -0.4 is 5.73 Å². The second kappa shape index (κ2) is 2.95. The lowest BCUT2D eigenvalue weighted by molar-refractivity contribution is 0.626. The minimum atomic E-state index is 0.662. The first-order valence-electron chi connectivity index (χ1n) is 4.15. The number of hydrogen-bond donors (Lipinski definition) is 1. The molecule has 0 aliphatic heterocycles. The van der Waals surface area contributed by atoms with Crippen LogP contribution in [0.2, 0.25) is 0 Å². The normalized spacial score (nSPS) is 20.1. The molecule has 1 saturated carbocycles. The molecule has 1 heterocycles. The molecular weight excluding hydrogens is 154 g/mol. The summed E-state index contributed by atoms with van der Waals surface area (Å²) in [4.78, 5) is 1.48. The highest BCUT2D eigenvalue weighted by atomic mass is 32.1. The van der Waals surface area contributed by atoms with Crippen LogP contribution in [0.4, 0.5) is 0 Å². The van der Waals surface area contributed by atoms with Crippen molar-refractivity contribution in [1.82, 2.24) is 0 Å². The largest absolute Gasteiger partial charge is 0.330 e. The third-order valence-electron chi connectivity index (χ3n) is 2.35. The Morgan fingerprint density at radius 2 is 2.45 bits per heavy atom. The van der Waals surface area contributed by atoms with Crippen LogP contribution in [0.15, 0.2) is 17.5 Å². The van der Waals surface area contributed by atoms with E-state index in [-0.39, 0.29) is 0 Å². The van der Waals surface area contributed by atoms with Crippen LogP contribution in [0, 0.1) is 5.92 Å². The maximum atomic E-state index is 5.71. The van der Waals surface area contributed by atoms with Crippen LogP contribution in [0.25, 0.3) is 0 Å². The average molecular weight is 167 g/mol. The molecule has 60 valence electrons. The van der Waals surface area contributed by atoms with Gasteiger partial charge in [-0.05, 0) is 30.2 Å². The standard InChI is InChI=1S/C9H13NS/c10-6-8(7-3-4-7)9-2-1-5-11-9/h1-2,5,7-8H,3-4,6,10H2. The highest BCUT2D eigenvalue weighted by molar-refractivity contribution is 7.10. The molecular formula is C9H13NS. The fourth-order valence-corrected chi connectivity index (χ4v) is 2.48. The second-order valence-corrected chi connectivity index (χ2v) is 4.17. The molecule has 2 heteroatoms. The van der Waals surface area contributed by atoms with E-state index in [0.29, 0.717) is 5.92 Å². The van der Waals surface area contributed by atoms with E-state index < -0.39 is 0 Å². The fraction of sp³-hybridized carbons (Fsp3) is 0.556. The van der Waals surface area contributed by atoms with Crippen LogP contribution in [0.1, 0.15) is 23.6 Å². The summed E-state index contributed by atoms with van der Waals surface area (Å²) in [5.74, 6) is 1.56. The topological polar surface area (TPSA) is 26.0 Å². The molecule has 0 saturated heterocycles. The van der Waals surface area contributed by atoms with Gasteiger partial charge < -0.3 is 5.73 Å². The van der Waals surface area contributed by atoms with Crippen molar-refractivity contribution >= 4 is 11.3 Å². The van der Waals surface area contributed by atoms with Crippen LogP contribution >= 0.6 is 11.3 Å². The van der Waals surface area contributed by atoms with E-state index in [1.54, 1.807) is 0 Å². The highest BCUT2D eigenvalue weighted by Crippen LogP contribution is 2.43. The minimum Gasteiger partial charge on any atom is -0.330 e. The van der Waals surface area contributed by atoms with Gasteiger partial charge in [0.05, 0.1) is 0 Å². The lowest BCUT2D eigenvalue weighted by Crippen LogP contribution is -2.12. The van der Waals surface area contributed by atoms with Crippen LogP contribution in [0.5, 0.6) is 0 Å². The van der Waals surface area contributed by atoms with Crippen molar-refractivity contribution < 1.29 is 0 Å². The average Bonchev–Trinajstić information content (AvgIpc) is 2.68. The van der Waals surface area contributed by atoms with E-state index in [2.05, 4.69) is 17.5 Å². The first-order chi connectivity index (χ1) is 5.42. The summed E-state index contributed by atoms with van der Waals surface area (Å²) in [7, 11) is 0. The zero-order chi connectivity index (χ0) is 7.68. The van der Waals surface area contributed by atoms with Gasteiger partial charge in [0.1, 0.15) is 0 Å². The third kappa shape index (κ3) is 1.47. The number of thiophene rings is 1. The molecule has 1 aromatic heterocycles. The van der Waals surface area contributed by atoms with Gasteiger partial charge in [0.2, 0.25) is 0 Å². The smallest absolute Gasteiger partial charge is 0.00915 e. The molecule has 2 rings (SSSR count). The summed E-state index contributed by atoms with van der Waals surface area (Å²) in [5, 5.41) is 2.14. The zero-order valence-electron chi connectivity index (χ0n) is 6.49. The predicted molar refractivity (Wildman–Crippen MR) is 48.8 cm³/mol. The number of rotatable bonds is 3.